The maximum atomic E-state index is 11.3. The van der Waals surface area contributed by atoms with E-state index in [9.17, 15) is 20.1 Å². The number of rotatable bonds is 6. The van der Waals surface area contributed by atoms with Crippen LogP contribution in [0.2, 0.25) is 25.7 Å². The molecule has 1 fully saturated rings. The van der Waals surface area contributed by atoms with Crippen molar-refractivity contribution in [2.45, 2.75) is 89.6 Å². The molecule has 0 bridgehead atoms. The van der Waals surface area contributed by atoms with E-state index in [2.05, 4.69) is 40.1 Å². The van der Waals surface area contributed by atoms with E-state index in [1.165, 1.54) is 6.92 Å². The topological polar surface area (TPSA) is 107 Å². The van der Waals surface area contributed by atoms with Crippen LogP contribution in [0.5, 0.6) is 0 Å². The van der Waals surface area contributed by atoms with Crippen LogP contribution in [-0.4, -0.2) is 65.4 Å². The highest BCUT2D eigenvalue weighted by molar-refractivity contribution is 7.40. The average molecular weight is 407 g/mol. The molecule has 0 aromatic heterocycles. The second-order valence-corrected chi connectivity index (χ2v) is 22.8. The van der Waals surface area contributed by atoms with E-state index in [4.69, 9.17) is 9.53 Å². The highest BCUT2D eigenvalue weighted by Crippen LogP contribution is 2.46. The molecule has 0 aromatic carbocycles. The fourth-order valence-corrected chi connectivity index (χ4v) is 18.0. The van der Waals surface area contributed by atoms with Gasteiger partial charge in [0.15, 0.2) is 7.83 Å². The molecule has 3 atom stereocenters. The number of aliphatic hydroxyl groups excluding tert-OH is 2. The Hall–Kier alpha value is -0.516. The highest BCUT2D eigenvalue weighted by atomic mass is 29.3. The molecule has 1 heterocycles. The zero-order valence-corrected chi connectivity index (χ0v) is 19.4. The third-order valence-corrected chi connectivity index (χ3v) is 23.6. The Labute approximate surface area is 159 Å². The van der Waals surface area contributed by atoms with Crippen LogP contribution < -0.4 is 0 Å². The second kappa shape index (κ2) is 9.12. The summed E-state index contributed by atoms with van der Waals surface area (Å²) < 4.78 is 6.41. The number of hydrogen-bond donors (Lipinski definition) is 4. The number of hydrogen-bond acceptors (Lipinski definition) is 5. The molecule has 0 aliphatic carbocycles. The van der Waals surface area contributed by atoms with Gasteiger partial charge in [-0.3, -0.25) is 0 Å². The summed E-state index contributed by atoms with van der Waals surface area (Å²) in [6.45, 7) is 17.0. The Morgan fingerprint density at radius 3 is 2.12 bits per heavy atom. The lowest BCUT2D eigenvalue weighted by Crippen LogP contribution is -2.79. The lowest BCUT2D eigenvalue weighted by Gasteiger charge is -2.58. The van der Waals surface area contributed by atoms with Crippen molar-refractivity contribution >= 4 is 21.4 Å². The average Bonchev–Trinajstić information content (AvgIpc) is 2.50. The van der Waals surface area contributed by atoms with Gasteiger partial charge in [0.2, 0.25) is 0 Å². The SMILES string of the molecule is C=C(C)C(=O)O.CCCC(O)(C(O)CO)[Si]1(C)CCC(C)(C)O[Si]1(C)C. The zero-order valence-electron chi connectivity index (χ0n) is 17.4. The summed E-state index contributed by atoms with van der Waals surface area (Å²) in [4.78, 5) is 9.60. The van der Waals surface area contributed by atoms with E-state index in [1.807, 2.05) is 6.92 Å². The number of carbonyl (C=O) groups is 1. The van der Waals surface area contributed by atoms with Gasteiger partial charge >= 0.3 is 5.97 Å². The van der Waals surface area contributed by atoms with Gasteiger partial charge in [0.1, 0.15) is 13.7 Å². The third-order valence-electron chi connectivity index (χ3n) is 5.76. The molecular weight excluding hydrogens is 368 g/mol. The Bertz CT molecular complexity index is 496. The van der Waals surface area contributed by atoms with Crippen molar-refractivity contribution in [1.29, 1.82) is 0 Å². The van der Waals surface area contributed by atoms with Crippen molar-refractivity contribution in [1.82, 2.24) is 0 Å². The standard InChI is InChI=1S/C14H32O4Si2.C4H6O2/c1-7-8-14(17,12(16)11-15)20(6)10-9-13(2,3)18-19(20,4)5;1-3(2)4(5)6/h12,15-17H,7-11H2,1-6H3;1H2,2H3,(H,5,6). The third kappa shape index (κ3) is 5.49. The van der Waals surface area contributed by atoms with Gasteiger partial charge in [0, 0.05) is 5.57 Å². The molecular formula is C18H38O6Si2. The van der Waals surface area contributed by atoms with Crippen molar-refractivity contribution < 1.29 is 29.6 Å². The van der Waals surface area contributed by atoms with Crippen LogP contribution in [-0.2, 0) is 9.22 Å². The number of carboxylic acids is 1. The lowest BCUT2D eigenvalue weighted by molar-refractivity contribution is -0.132. The molecule has 8 heteroatoms. The fraction of sp³-hybridized carbons (Fsp3) is 0.833. The predicted molar refractivity (Wildman–Crippen MR) is 109 cm³/mol. The minimum absolute atomic E-state index is 0.139. The first-order valence-electron chi connectivity index (χ1n) is 9.20. The second-order valence-electron chi connectivity index (χ2n) is 8.66. The summed E-state index contributed by atoms with van der Waals surface area (Å²) in [5.41, 5.74) is 0.0366. The minimum Gasteiger partial charge on any atom is -0.478 e. The van der Waals surface area contributed by atoms with E-state index in [1.54, 1.807) is 0 Å². The summed E-state index contributed by atoms with van der Waals surface area (Å²) in [6, 6.07) is 0.951. The predicted octanol–water partition coefficient (Wildman–Crippen LogP) is 2.62. The van der Waals surface area contributed by atoms with E-state index < -0.39 is 32.7 Å². The molecule has 0 saturated carbocycles. The first-order chi connectivity index (χ1) is 11.6. The van der Waals surface area contributed by atoms with Crippen molar-refractivity contribution in [3.63, 3.8) is 0 Å². The molecule has 154 valence electrons. The largest absolute Gasteiger partial charge is 0.478 e. The normalized spacial score (nSPS) is 27.5. The molecule has 0 spiro atoms. The van der Waals surface area contributed by atoms with Crippen LogP contribution in [0.25, 0.3) is 0 Å². The van der Waals surface area contributed by atoms with E-state index in [0.717, 1.165) is 18.9 Å². The molecule has 4 N–H and O–H groups in total. The van der Waals surface area contributed by atoms with E-state index in [-0.39, 0.29) is 17.8 Å². The summed E-state index contributed by atoms with van der Waals surface area (Å²) in [6.07, 6.45) is 1.19. The number of carboxylic acid groups (broad SMARTS) is 1. The Balaban J connectivity index is 0.000000896. The van der Waals surface area contributed by atoms with Crippen molar-refractivity contribution in [2.24, 2.45) is 0 Å². The van der Waals surface area contributed by atoms with Crippen molar-refractivity contribution in [2.75, 3.05) is 6.61 Å². The monoisotopic (exact) mass is 406 g/mol. The highest BCUT2D eigenvalue weighted by Gasteiger charge is 2.64. The minimum atomic E-state index is -2.25. The molecule has 0 amide bonds. The molecule has 0 aromatic rings. The first-order valence-corrected chi connectivity index (χ1v) is 15.8. The van der Waals surface area contributed by atoms with Gasteiger partial charge < -0.3 is 24.9 Å². The summed E-state index contributed by atoms with van der Waals surface area (Å²) in [7, 11) is -4.36. The van der Waals surface area contributed by atoms with Crippen LogP contribution >= 0.6 is 0 Å². The van der Waals surface area contributed by atoms with Crippen molar-refractivity contribution in [3.8, 4) is 0 Å². The molecule has 0 radical (unpaired) electrons. The van der Waals surface area contributed by atoms with Gasteiger partial charge in [-0.2, -0.15) is 0 Å². The summed E-state index contributed by atoms with van der Waals surface area (Å²) in [5, 5.41) is 37.7. The molecule has 1 rings (SSSR count). The molecule has 1 aliphatic rings. The summed E-state index contributed by atoms with van der Waals surface area (Å²) >= 11 is 0. The van der Waals surface area contributed by atoms with Crippen LogP contribution in [0.3, 0.4) is 0 Å². The van der Waals surface area contributed by atoms with Gasteiger partial charge in [-0.05, 0) is 46.7 Å². The Kier molecular flexibility index (Phi) is 8.94. The quantitative estimate of drug-likeness (QED) is 0.399. The molecule has 26 heavy (non-hydrogen) atoms. The van der Waals surface area contributed by atoms with E-state index in [0.29, 0.717) is 6.42 Å². The van der Waals surface area contributed by atoms with Crippen molar-refractivity contribution in [3.05, 3.63) is 12.2 Å². The maximum absolute atomic E-state index is 11.3. The molecule has 6 nitrogen and oxygen atoms in total. The first kappa shape index (κ1) is 25.5. The van der Waals surface area contributed by atoms with Crippen LogP contribution in [0.1, 0.15) is 47.0 Å². The van der Waals surface area contributed by atoms with Crippen LogP contribution in [0.15, 0.2) is 12.2 Å². The van der Waals surface area contributed by atoms with Gasteiger partial charge in [0.05, 0.1) is 17.4 Å². The molecule has 3 unspecified atom stereocenters. The number of aliphatic carboxylic acids is 1. The Morgan fingerprint density at radius 1 is 1.35 bits per heavy atom. The van der Waals surface area contributed by atoms with Gasteiger partial charge in [-0.15, -0.1) is 0 Å². The lowest BCUT2D eigenvalue weighted by atomic mass is 10.1. The summed E-state index contributed by atoms with van der Waals surface area (Å²) in [5.74, 6) is -0.935. The van der Waals surface area contributed by atoms with Gasteiger partial charge in [0.25, 0.3) is 0 Å². The van der Waals surface area contributed by atoms with Crippen LogP contribution in [0, 0.1) is 0 Å². The fourth-order valence-electron chi connectivity index (χ4n) is 3.79. The smallest absolute Gasteiger partial charge is 0.330 e. The molecule has 1 aliphatic heterocycles. The van der Waals surface area contributed by atoms with Crippen LogP contribution in [0.4, 0.5) is 0 Å². The van der Waals surface area contributed by atoms with Gasteiger partial charge in [-0.25, -0.2) is 4.79 Å². The number of aliphatic hydroxyl groups is 3. The van der Waals surface area contributed by atoms with E-state index >= 15 is 0 Å². The zero-order chi connectivity index (χ0) is 21.0. The molecule has 1 saturated heterocycles. The maximum Gasteiger partial charge on any atom is 0.330 e. The van der Waals surface area contributed by atoms with Gasteiger partial charge in [-0.1, -0.05) is 32.5 Å². The Morgan fingerprint density at radius 2 is 1.81 bits per heavy atom.